The van der Waals surface area contributed by atoms with Crippen LogP contribution in [0.25, 0.3) is 0 Å². The van der Waals surface area contributed by atoms with Crippen LogP contribution in [-0.2, 0) is 21.2 Å². The highest BCUT2D eigenvalue weighted by atomic mass is 32.2. The number of rotatable bonds is 10. The lowest BCUT2D eigenvalue weighted by molar-refractivity contribution is -0.118. The molecule has 2 aromatic rings. The Morgan fingerprint density at radius 3 is 2.55 bits per heavy atom. The Labute approximate surface area is 177 Å². The van der Waals surface area contributed by atoms with Gasteiger partial charge in [0.15, 0.2) is 0 Å². The Morgan fingerprint density at radius 1 is 1.17 bits per heavy atom. The second-order valence-electron chi connectivity index (χ2n) is 6.82. The van der Waals surface area contributed by atoms with Gasteiger partial charge >= 0.3 is 0 Å². The van der Waals surface area contributed by atoms with Gasteiger partial charge in [0, 0.05) is 17.4 Å². The topological polar surface area (TPSA) is 84.5 Å². The third-order valence-electron chi connectivity index (χ3n) is 4.37. The first-order valence-corrected chi connectivity index (χ1v) is 12.1. The van der Waals surface area contributed by atoms with Crippen molar-refractivity contribution >= 4 is 33.4 Å². The summed E-state index contributed by atoms with van der Waals surface area (Å²) in [5, 5.41) is 2.81. The van der Waals surface area contributed by atoms with Gasteiger partial charge in [-0.1, -0.05) is 32.0 Å². The summed E-state index contributed by atoms with van der Waals surface area (Å²) in [5.41, 5.74) is 1.55. The standard InChI is InChI=1S/C21H28N2O4S2/c1-15(2)21(24)23-18-14-17(11-12-20(18)28-4)29(25,26)22-13-7-9-16-8-5-6-10-19(16)27-3/h5-6,8,10-12,14-15,22H,7,9,13H2,1-4H3,(H,23,24). The first-order valence-electron chi connectivity index (χ1n) is 9.39. The molecule has 0 spiro atoms. The van der Waals surface area contributed by atoms with Crippen LogP contribution in [0.1, 0.15) is 25.8 Å². The van der Waals surface area contributed by atoms with Crippen molar-refractivity contribution in [1.29, 1.82) is 0 Å². The Balaban J connectivity index is 2.05. The van der Waals surface area contributed by atoms with Crippen molar-refractivity contribution < 1.29 is 17.9 Å². The SMILES string of the molecule is COc1ccccc1CCCNS(=O)(=O)c1ccc(SC)c(NC(=O)C(C)C)c1. The van der Waals surface area contributed by atoms with E-state index in [4.69, 9.17) is 4.74 Å². The van der Waals surface area contributed by atoms with Crippen LogP contribution in [0.5, 0.6) is 5.75 Å². The van der Waals surface area contributed by atoms with Gasteiger partial charge in [0.25, 0.3) is 0 Å². The van der Waals surface area contributed by atoms with Gasteiger partial charge in [-0.25, -0.2) is 13.1 Å². The van der Waals surface area contributed by atoms with Gasteiger partial charge in [-0.2, -0.15) is 0 Å². The summed E-state index contributed by atoms with van der Waals surface area (Å²) >= 11 is 1.45. The van der Waals surface area contributed by atoms with Crippen LogP contribution < -0.4 is 14.8 Å². The number of aryl methyl sites for hydroxylation is 1. The number of carbonyl (C=O) groups is 1. The fourth-order valence-electron chi connectivity index (χ4n) is 2.71. The highest BCUT2D eigenvalue weighted by Crippen LogP contribution is 2.28. The minimum Gasteiger partial charge on any atom is -0.496 e. The summed E-state index contributed by atoms with van der Waals surface area (Å²) in [6.07, 6.45) is 3.22. The molecule has 0 bridgehead atoms. The number of thioether (sulfide) groups is 1. The number of hydrogen-bond donors (Lipinski definition) is 2. The third-order valence-corrected chi connectivity index (χ3v) is 6.63. The summed E-state index contributed by atoms with van der Waals surface area (Å²) < 4.78 is 33.3. The van der Waals surface area contributed by atoms with E-state index in [1.54, 1.807) is 33.1 Å². The average Bonchev–Trinajstić information content (AvgIpc) is 2.71. The molecular weight excluding hydrogens is 408 g/mol. The molecule has 0 heterocycles. The van der Waals surface area contributed by atoms with Gasteiger partial charge in [0.2, 0.25) is 15.9 Å². The number of carbonyl (C=O) groups excluding carboxylic acids is 1. The molecule has 2 rings (SSSR count). The summed E-state index contributed by atoms with van der Waals surface area (Å²) in [7, 11) is -2.06. The normalized spacial score (nSPS) is 11.5. The van der Waals surface area contributed by atoms with Crippen molar-refractivity contribution in [2.45, 2.75) is 36.5 Å². The number of benzene rings is 2. The van der Waals surface area contributed by atoms with E-state index in [0.29, 0.717) is 25.1 Å². The Kier molecular flexibility index (Phi) is 8.55. The number of anilines is 1. The zero-order valence-corrected chi connectivity index (χ0v) is 18.8. The predicted octanol–water partition coefficient (Wildman–Crippen LogP) is 3.92. The maximum Gasteiger partial charge on any atom is 0.240 e. The monoisotopic (exact) mass is 436 g/mol. The minimum absolute atomic E-state index is 0.131. The molecule has 2 N–H and O–H groups in total. The number of amides is 1. The van der Waals surface area contributed by atoms with E-state index >= 15 is 0 Å². The van der Waals surface area contributed by atoms with E-state index in [2.05, 4.69) is 10.0 Å². The highest BCUT2D eigenvalue weighted by molar-refractivity contribution is 7.98. The number of para-hydroxylation sites is 1. The first kappa shape index (κ1) is 23.3. The molecule has 29 heavy (non-hydrogen) atoms. The lowest BCUT2D eigenvalue weighted by Gasteiger charge is -2.14. The fourth-order valence-corrected chi connectivity index (χ4v) is 4.34. The lowest BCUT2D eigenvalue weighted by Crippen LogP contribution is -2.25. The van der Waals surface area contributed by atoms with Gasteiger partial charge < -0.3 is 10.1 Å². The second kappa shape index (κ2) is 10.7. The van der Waals surface area contributed by atoms with E-state index in [-0.39, 0.29) is 16.7 Å². The quantitative estimate of drug-likeness (QED) is 0.436. The molecule has 0 radical (unpaired) electrons. The van der Waals surface area contributed by atoms with Crippen LogP contribution in [-0.4, -0.2) is 34.2 Å². The minimum atomic E-state index is -3.68. The molecular formula is C21H28N2O4S2. The Hall–Kier alpha value is -2.03. The van der Waals surface area contributed by atoms with E-state index in [0.717, 1.165) is 16.2 Å². The number of methoxy groups -OCH3 is 1. The number of hydrogen-bond acceptors (Lipinski definition) is 5. The van der Waals surface area contributed by atoms with E-state index in [9.17, 15) is 13.2 Å². The molecule has 0 aromatic heterocycles. The van der Waals surface area contributed by atoms with Crippen LogP contribution >= 0.6 is 11.8 Å². The van der Waals surface area contributed by atoms with Crippen LogP contribution in [0.3, 0.4) is 0 Å². The second-order valence-corrected chi connectivity index (χ2v) is 9.43. The molecule has 2 aromatic carbocycles. The van der Waals surface area contributed by atoms with Crippen LogP contribution in [0.15, 0.2) is 52.3 Å². The van der Waals surface area contributed by atoms with E-state index in [1.807, 2.05) is 30.5 Å². The number of ether oxygens (including phenoxy) is 1. The van der Waals surface area contributed by atoms with Gasteiger partial charge in [0.05, 0.1) is 17.7 Å². The number of nitrogens with one attached hydrogen (secondary N) is 2. The largest absolute Gasteiger partial charge is 0.496 e. The highest BCUT2D eigenvalue weighted by Gasteiger charge is 2.17. The van der Waals surface area contributed by atoms with Gasteiger partial charge in [0.1, 0.15) is 5.75 Å². The molecule has 0 aliphatic rings. The molecule has 0 aliphatic carbocycles. The summed E-state index contributed by atoms with van der Waals surface area (Å²) in [5.74, 6) is 0.450. The van der Waals surface area contributed by atoms with Crippen molar-refractivity contribution in [3.8, 4) is 5.75 Å². The number of sulfonamides is 1. The van der Waals surface area contributed by atoms with Crippen LogP contribution in [0.4, 0.5) is 5.69 Å². The van der Waals surface area contributed by atoms with Gasteiger partial charge in [-0.05, 0) is 48.9 Å². The Morgan fingerprint density at radius 2 is 1.90 bits per heavy atom. The molecule has 1 amide bonds. The van der Waals surface area contributed by atoms with Crippen molar-refractivity contribution in [2.75, 3.05) is 25.2 Å². The Bertz CT molecular complexity index is 943. The molecule has 0 fully saturated rings. The van der Waals surface area contributed by atoms with Crippen molar-refractivity contribution in [3.63, 3.8) is 0 Å². The first-order chi connectivity index (χ1) is 13.8. The zero-order valence-electron chi connectivity index (χ0n) is 17.2. The maximum atomic E-state index is 12.7. The molecule has 8 heteroatoms. The molecule has 0 saturated heterocycles. The average molecular weight is 437 g/mol. The summed E-state index contributed by atoms with van der Waals surface area (Å²) in [6, 6.07) is 12.5. The summed E-state index contributed by atoms with van der Waals surface area (Å²) in [4.78, 5) is 13.0. The smallest absolute Gasteiger partial charge is 0.240 e. The lowest BCUT2D eigenvalue weighted by atomic mass is 10.1. The molecule has 0 atom stereocenters. The molecule has 0 aliphatic heterocycles. The fraction of sp³-hybridized carbons (Fsp3) is 0.381. The molecule has 158 valence electrons. The zero-order chi connectivity index (χ0) is 21.4. The third kappa shape index (κ3) is 6.48. The summed E-state index contributed by atoms with van der Waals surface area (Å²) in [6.45, 7) is 3.88. The molecule has 6 nitrogen and oxygen atoms in total. The van der Waals surface area contributed by atoms with Crippen LogP contribution in [0.2, 0.25) is 0 Å². The van der Waals surface area contributed by atoms with Crippen molar-refractivity contribution in [2.24, 2.45) is 5.92 Å². The molecule has 0 unspecified atom stereocenters. The van der Waals surface area contributed by atoms with E-state index in [1.165, 1.54) is 17.8 Å². The van der Waals surface area contributed by atoms with Crippen molar-refractivity contribution in [3.05, 3.63) is 48.0 Å². The van der Waals surface area contributed by atoms with Gasteiger partial charge in [-0.3, -0.25) is 4.79 Å². The van der Waals surface area contributed by atoms with Crippen molar-refractivity contribution in [1.82, 2.24) is 4.72 Å². The predicted molar refractivity (Wildman–Crippen MR) is 118 cm³/mol. The molecule has 0 saturated carbocycles. The van der Waals surface area contributed by atoms with Gasteiger partial charge in [-0.15, -0.1) is 11.8 Å². The van der Waals surface area contributed by atoms with E-state index < -0.39 is 10.0 Å². The van der Waals surface area contributed by atoms with Crippen LogP contribution in [0, 0.1) is 5.92 Å². The maximum absolute atomic E-state index is 12.7.